The van der Waals surface area contributed by atoms with E-state index in [2.05, 4.69) is 100 Å². The largest absolute Gasteiger partial charge is 0.0786 e. The van der Waals surface area contributed by atoms with Crippen molar-refractivity contribution in [2.45, 2.75) is 18.7 Å². The Kier molecular flexibility index (Phi) is 4.19. The lowest BCUT2D eigenvalue weighted by Crippen LogP contribution is -1.98. The van der Waals surface area contributed by atoms with E-state index < -0.39 is 0 Å². The summed E-state index contributed by atoms with van der Waals surface area (Å²) in [6.07, 6.45) is 0. The van der Waals surface area contributed by atoms with Crippen molar-refractivity contribution in [2.75, 3.05) is 0 Å². The number of fused-ring (bicyclic) bond motifs is 1. The van der Waals surface area contributed by atoms with E-state index in [4.69, 9.17) is 0 Å². The van der Waals surface area contributed by atoms with Crippen molar-refractivity contribution < 1.29 is 0 Å². The van der Waals surface area contributed by atoms with Gasteiger partial charge in [0.2, 0.25) is 0 Å². The summed E-state index contributed by atoms with van der Waals surface area (Å²) in [7, 11) is 0. The molecule has 0 aliphatic heterocycles. The second-order valence-corrected chi connectivity index (χ2v) is 7.16. The Balaban J connectivity index is 2.19. The van der Waals surface area contributed by atoms with E-state index >= 15 is 0 Å². The number of alkyl halides is 1. The summed E-state index contributed by atoms with van der Waals surface area (Å²) in [6, 6.07) is 19.5. The second kappa shape index (κ2) is 5.94. The van der Waals surface area contributed by atoms with Crippen LogP contribution in [-0.2, 0) is 0 Å². The van der Waals surface area contributed by atoms with Gasteiger partial charge in [-0.25, -0.2) is 0 Å². The first-order valence-corrected chi connectivity index (χ1v) is 8.67. The number of hydrogen-bond donors (Lipinski definition) is 0. The highest BCUT2D eigenvalue weighted by Crippen LogP contribution is 2.38. The summed E-state index contributed by atoms with van der Waals surface area (Å²) in [5.41, 5.74) is 5.22. The minimum Gasteiger partial charge on any atom is -0.0786 e. The monoisotopic (exact) mass is 402 g/mol. The molecule has 0 aliphatic rings. The van der Waals surface area contributed by atoms with Crippen LogP contribution < -0.4 is 0 Å². The predicted molar refractivity (Wildman–Crippen MR) is 98.3 cm³/mol. The number of hydrogen-bond acceptors (Lipinski definition) is 0. The van der Waals surface area contributed by atoms with Gasteiger partial charge >= 0.3 is 0 Å². The number of benzene rings is 3. The van der Waals surface area contributed by atoms with Crippen molar-refractivity contribution in [3.8, 4) is 0 Å². The van der Waals surface area contributed by atoms with Gasteiger partial charge in [0.1, 0.15) is 0 Å². The zero-order valence-corrected chi connectivity index (χ0v) is 15.2. The maximum Gasteiger partial charge on any atom is 0.0653 e. The summed E-state index contributed by atoms with van der Waals surface area (Å²) in [6.45, 7) is 4.31. The van der Waals surface area contributed by atoms with Gasteiger partial charge in [-0.15, -0.1) is 0 Å². The molecule has 3 aromatic carbocycles. The Hall–Kier alpha value is -1.12. The van der Waals surface area contributed by atoms with Crippen LogP contribution in [0.3, 0.4) is 0 Å². The fourth-order valence-electron chi connectivity index (χ4n) is 2.73. The lowest BCUT2D eigenvalue weighted by molar-refractivity contribution is 1.15. The van der Waals surface area contributed by atoms with E-state index in [1.54, 1.807) is 0 Å². The fraction of sp³-hybridized carbons (Fsp3) is 0.158. The first-order chi connectivity index (χ1) is 10.1. The van der Waals surface area contributed by atoms with Crippen LogP contribution in [0.2, 0.25) is 0 Å². The summed E-state index contributed by atoms with van der Waals surface area (Å²) < 4.78 is 1.15. The van der Waals surface area contributed by atoms with Gasteiger partial charge in [0.15, 0.2) is 0 Å². The molecule has 1 unspecified atom stereocenters. The maximum atomic E-state index is 3.91. The Labute approximate surface area is 142 Å². The first kappa shape index (κ1) is 14.8. The third-order valence-corrected chi connectivity index (χ3v) is 5.79. The molecule has 0 nitrogen and oxygen atoms in total. The van der Waals surface area contributed by atoms with E-state index in [-0.39, 0.29) is 4.83 Å². The Morgan fingerprint density at radius 2 is 1.62 bits per heavy atom. The molecule has 3 aromatic rings. The zero-order valence-electron chi connectivity index (χ0n) is 12.0. The molecular weight excluding hydrogens is 388 g/mol. The van der Waals surface area contributed by atoms with Crippen molar-refractivity contribution in [3.63, 3.8) is 0 Å². The molecule has 0 amide bonds. The van der Waals surface area contributed by atoms with Crippen LogP contribution in [0, 0.1) is 13.8 Å². The third kappa shape index (κ3) is 2.79. The molecule has 0 fully saturated rings. The van der Waals surface area contributed by atoms with Crippen LogP contribution >= 0.6 is 31.9 Å². The number of aryl methyl sites for hydroxylation is 2. The van der Waals surface area contributed by atoms with Crippen LogP contribution in [-0.4, -0.2) is 0 Å². The van der Waals surface area contributed by atoms with E-state index in [9.17, 15) is 0 Å². The van der Waals surface area contributed by atoms with Gasteiger partial charge < -0.3 is 0 Å². The lowest BCUT2D eigenvalue weighted by Gasteiger charge is -2.17. The lowest BCUT2D eigenvalue weighted by atomic mass is 9.94. The summed E-state index contributed by atoms with van der Waals surface area (Å²) in [5, 5.41) is 2.61. The van der Waals surface area contributed by atoms with Crippen molar-refractivity contribution in [1.82, 2.24) is 0 Å². The van der Waals surface area contributed by atoms with Crippen molar-refractivity contribution in [1.29, 1.82) is 0 Å². The van der Waals surface area contributed by atoms with Crippen LogP contribution in [0.25, 0.3) is 10.8 Å². The highest BCUT2D eigenvalue weighted by molar-refractivity contribution is 9.10. The molecule has 0 aromatic heterocycles. The molecule has 2 heteroatoms. The molecular formula is C19H16Br2. The fourth-order valence-corrected chi connectivity index (χ4v) is 3.87. The molecule has 3 rings (SSSR count). The molecule has 0 heterocycles. The second-order valence-electron chi connectivity index (χ2n) is 5.39. The van der Waals surface area contributed by atoms with Crippen LogP contribution in [0.1, 0.15) is 27.1 Å². The maximum absolute atomic E-state index is 3.91. The van der Waals surface area contributed by atoms with Gasteiger partial charge in [-0.1, -0.05) is 80.4 Å². The van der Waals surface area contributed by atoms with Gasteiger partial charge in [0, 0.05) is 4.47 Å². The zero-order chi connectivity index (χ0) is 15.0. The highest BCUT2D eigenvalue weighted by Gasteiger charge is 2.16. The molecule has 0 spiro atoms. The van der Waals surface area contributed by atoms with Gasteiger partial charge in [-0.2, -0.15) is 0 Å². The molecule has 0 radical (unpaired) electrons. The summed E-state index contributed by atoms with van der Waals surface area (Å²) >= 11 is 7.48. The average Bonchev–Trinajstić information content (AvgIpc) is 2.49. The van der Waals surface area contributed by atoms with Gasteiger partial charge in [-0.3, -0.25) is 0 Å². The molecule has 21 heavy (non-hydrogen) atoms. The molecule has 1 atom stereocenters. The molecule has 0 bridgehead atoms. The normalized spacial score (nSPS) is 12.6. The van der Waals surface area contributed by atoms with E-state index in [0.29, 0.717) is 0 Å². The average molecular weight is 404 g/mol. The quantitative estimate of drug-likeness (QED) is 0.417. The summed E-state index contributed by atoms with van der Waals surface area (Å²) in [4.78, 5) is 0.204. The Bertz CT molecular complexity index is 806. The van der Waals surface area contributed by atoms with Crippen molar-refractivity contribution in [3.05, 3.63) is 81.3 Å². The Morgan fingerprint density at radius 1 is 0.857 bits per heavy atom. The minimum atomic E-state index is 0.204. The first-order valence-electron chi connectivity index (χ1n) is 6.96. The SMILES string of the molecule is Cc1cc(C(Br)c2c(C)ccc3ccccc23)ccc1Br. The summed E-state index contributed by atoms with van der Waals surface area (Å²) in [5.74, 6) is 0. The van der Waals surface area contributed by atoms with Gasteiger partial charge in [0.25, 0.3) is 0 Å². The molecule has 0 aliphatic carbocycles. The van der Waals surface area contributed by atoms with Crippen LogP contribution in [0.4, 0.5) is 0 Å². The van der Waals surface area contributed by atoms with Crippen molar-refractivity contribution in [2.24, 2.45) is 0 Å². The van der Waals surface area contributed by atoms with Gasteiger partial charge in [0.05, 0.1) is 4.83 Å². The van der Waals surface area contributed by atoms with Crippen LogP contribution in [0.5, 0.6) is 0 Å². The molecule has 0 saturated heterocycles. The highest BCUT2D eigenvalue weighted by atomic mass is 79.9. The smallest absolute Gasteiger partial charge is 0.0653 e. The van der Waals surface area contributed by atoms with E-state index in [0.717, 1.165) is 4.47 Å². The van der Waals surface area contributed by atoms with Crippen molar-refractivity contribution >= 4 is 42.6 Å². The Morgan fingerprint density at radius 3 is 2.38 bits per heavy atom. The van der Waals surface area contributed by atoms with Crippen LogP contribution in [0.15, 0.2) is 59.1 Å². The van der Waals surface area contributed by atoms with E-state index in [1.165, 1.54) is 33.0 Å². The molecule has 106 valence electrons. The standard InChI is InChI=1S/C19H16Br2/c1-12-7-8-14-5-3-4-6-16(14)18(12)19(21)15-9-10-17(20)13(2)11-15/h3-11,19H,1-2H3. The molecule has 0 N–H and O–H groups in total. The predicted octanol–water partition coefficient (Wildman–Crippen LogP) is 6.70. The minimum absolute atomic E-state index is 0.204. The third-order valence-electron chi connectivity index (χ3n) is 3.92. The number of rotatable bonds is 2. The molecule has 0 saturated carbocycles. The number of halogens is 2. The topological polar surface area (TPSA) is 0 Å². The van der Waals surface area contributed by atoms with Gasteiger partial charge in [-0.05, 0) is 52.9 Å². The van der Waals surface area contributed by atoms with E-state index in [1.807, 2.05) is 0 Å².